The van der Waals surface area contributed by atoms with Crippen LogP contribution in [0.1, 0.15) is 4.88 Å². The van der Waals surface area contributed by atoms with Gasteiger partial charge < -0.3 is 20.5 Å². The number of rotatable bonds is 6. The van der Waals surface area contributed by atoms with Gasteiger partial charge in [0.1, 0.15) is 11.5 Å². The first kappa shape index (κ1) is 16.9. The lowest BCUT2D eigenvalue weighted by atomic mass is 10.2. The minimum absolute atomic E-state index is 0.359. The monoisotopic (exact) mass is 431 g/mol. The van der Waals surface area contributed by atoms with E-state index in [-0.39, 0.29) is 0 Å². The summed E-state index contributed by atoms with van der Waals surface area (Å²) >= 11 is 4.09. The molecule has 0 aliphatic carbocycles. The standard InChI is InChI=1S/C15H18IN3O2S/c1-20-10-3-5-13(21-2)12(9-10)19-15(17)18-8-7-11-4-6-14(16)22-11/h3-6,9H,7-8H2,1-2H3,(H3,17,18,19). The van der Waals surface area contributed by atoms with Crippen LogP contribution in [-0.4, -0.2) is 26.7 Å². The number of nitrogens with two attached hydrogens (primary N) is 1. The Morgan fingerprint density at radius 1 is 1.27 bits per heavy atom. The Labute approximate surface area is 147 Å². The summed E-state index contributed by atoms with van der Waals surface area (Å²) in [6.07, 6.45) is 0.880. The molecule has 5 nitrogen and oxygen atoms in total. The number of methoxy groups -OCH3 is 2. The maximum Gasteiger partial charge on any atom is 0.193 e. The van der Waals surface area contributed by atoms with E-state index in [4.69, 9.17) is 15.2 Å². The molecule has 0 saturated heterocycles. The Morgan fingerprint density at radius 2 is 2.09 bits per heavy atom. The average Bonchev–Trinajstić information content (AvgIpc) is 2.92. The normalized spacial score (nSPS) is 11.3. The third-order valence-electron chi connectivity index (χ3n) is 2.94. The van der Waals surface area contributed by atoms with E-state index in [1.54, 1.807) is 25.6 Å². The molecule has 0 amide bonds. The zero-order chi connectivity index (χ0) is 15.9. The molecule has 118 valence electrons. The molecule has 7 heteroatoms. The molecule has 1 heterocycles. The second-order valence-electron chi connectivity index (χ2n) is 4.41. The van der Waals surface area contributed by atoms with E-state index < -0.39 is 0 Å². The number of hydrogen-bond donors (Lipinski definition) is 2. The number of nitrogens with zero attached hydrogens (tertiary/aromatic N) is 1. The number of anilines is 1. The number of guanidine groups is 1. The number of hydrogen-bond acceptors (Lipinski definition) is 4. The van der Waals surface area contributed by atoms with Crippen LogP contribution in [-0.2, 0) is 6.42 Å². The fraction of sp³-hybridized carbons (Fsp3) is 0.267. The van der Waals surface area contributed by atoms with Crippen LogP contribution in [0.3, 0.4) is 0 Å². The summed E-state index contributed by atoms with van der Waals surface area (Å²) in [5, 5.41) is 3.05. The summed E-state index contributed by atoms with van der Waals surface area (Å²) in [6.45, 7) is 0.641. The van der Waals surface area contributed by atoms with Gasteiger partial charge in [-0.2, -0.15) is 0 Å². The van der Waals surface area contributed by atoms with Gasteiger partial charge in [-0.05, 0) is 46.9 Å². The molecule has 1 aromatic carbocycles. The second-order valence-corrected chi connectivity index (χ2v) is 7.48. The van der Waals surface area contributed by atoms with Gasteiger partial charge in [-0.15, -0.1) is 11.3 Å². The third-order valence-corrected chi connectivity index (χ3v) is 4.89. The molecule has 2 aromatic rings. The lowest BCUT2D eigenvalue weighted by molar-refractivity contribution is 0.405. The van der Waals surface area contributed by atoms with Crippen molar-refractivity contribution in [2.45, 2.75) is 6.42 Å². The lowest BCUT2D eigenvalue weighted by Crippen LogP contribution is -2.23. The summed E-state index contributed by atoms with van der Waals surface area (Å²) in [7, 11) is 3.23. The van der Waals surface area contributed by atoms with Gasteiger partial charge >= 0.3 is 0 Å². The Kier molecular flexibility index (Phi) is 6.32. The SMILES string of the molecule is COc1ccc(OC)c(NC(N)=NCCc2ccc(I)s2)c1. The molecule has 0 fully saturated rings. The topological polar surface area (TPSA) is 68.9 Å². The van der Waals surface area contributed by atoms with Crippen molar-refractivity contribution in [2.24, 2.45) is 10.7 Å². The molecular weight excluding hydrogens is 413 g/mol. The van der Waals surface area contributed by atoms with Gasteiger partial charge in [-0.3, -0.25) is 4.99 Å². The largest absolute Gasteiger partial charge is 0.497 e. The highest BCUT2D eigenvalue weighted by Crippen LogP contribution is 2.28. The van der Waals surface area contributed by atoms with Gasteiger partial charge in [-0.1, -0.05) is 0 Å². The highest BCUT2D eigenvalue weighted by atomic mass is 127. The number of ether oxygens (including phenoxy) is 2. The van der Waals surface area contributed by atoms with Crippen molar-refractivity contribution in [1.29, 1.82) is 0 Å². The molecule has 22 heavy (non-hydrogen) atoms. The summed E-state index contributed by atoms with van der Waals surface area (Å²) in [6, 6.07) is 9.70. The van der Waals surface area contributed by atoms with Crippen molar-refractivity contribution in [1.82, 2.24) is 0 Å². The van der Waals surface area contributed by atoms with E-state index in [2.05, 4.69) is 45.0 Å². The molecule has 0 aliphatic rings. The first-order chi connectivity index (χ1) is 10.6. The van der Waals surface area contributed by atoms with Crippen LogP contribution in [0, 0.1) is 2.88 Å². The van der Waals surface area contributed by atoms with Gasteiger partial charge in [-0.25, -0.2) is 0 Å². The van der Waals surface area contributed by atoms with Gasteiger partial charge in [0.15, 0.2) is 5.96 Å². The van der Waals surface area contributed by atoms with Crippen LogP contribution in [0.25, 0.3) is 0 Å². The zero-order valence-corrected chi connectivity index (χ0v) is 15.4. The zero-order valence-electron chi connectivity index (χ0n) is 12.4. The van der Waals surface area contributed by atoms with Crippen LogP contribution in [0.15, 0.2) is 35.3 Å². The minimum atomic E-state index is 0.359. The first-order valence-corrected chi connectivity index (χ1v) is 8.55. The van der Waals surface area contributed by atoms with Crippen LogP contribution in [0.5, 0.6) is 11.5 Å². The number of aliphatic imine (C=N–C) groups is 1. The van der Waals surface area contributed by atoms with Crippen molar-refractivity contribution in [3.63, 3.8) is 0 Å². The molecule has 0 spiro atoms. The molecule has 1 aromatic heterocycles. The van der Waals surface area contributed by atoms with E-state index in [1.807, 2.05) is 18.2 Å². The highest BCUT2D eigenvalue weighted by molar-refractivity contribution is 14.1. The molecule has 0 aliphatic heterocycles. The Morgan fingerprint density at radius 3 is 2.73 bits per heavy atom. The predicted octanol–water partition coefficient (Wildman–Crippen LogP) is 3.34. The maximum absolute atomic E-state index is 5.93. The van der Waals surface area contributed by atoms with Gasteiger partial charge in [0, 0.05) is 23.9 Å². The summed E-state index contributed by atoms with van der Waals surface area (Å²) < 4.78 is 11.8. The fourth-order valence-corrected chi connectivity index (χ4v) is 3.61. The Bertz CT molecular complexity index is 658. The van der Waals surface area contributed by atoms with Crippen molar-refractivity contribution in [2.75, 3.05) is 26.1 Å². The van der Waals surface area contributed by atoms with Crippen molar-refractivity contribution in [3.05, 3.63) is 38.1 Å². The first-order valence-electron chi connectivity index (χ1n) is 6.65. The van der Waals surface area contributed by atoms with E-state index in [9.17, 15) is 0 Å². The molecular formula is C15H18IN3O2S. The molecule has 0 unspecified atom stereocenters. The molecule has 0 bridgehead atoms. The van der Waals surface area contributed by atoms with Crippen LogP contribution in [0.4, 0.5) is 5.69 Å². The molecule has 3 N–H and O–H groups in total. The molecule has 0 saturated carbocycles. The Balaban J connectivity index is 1.98. The highest BCUT2D eigenvalue weighted by Gasteiger charge is 2.06. The van der Waals surface area contributed by atoms with E-state index in [0.717, 1.165) is 17.9 Å². The summed E-state index contributed by atoms with van der Waals surface area (Å²) in [4.78, 5) is 5.65. The quantitative estimate of drug-likeness (QED) is 0.418. The molecule has 0 radical (unpaired) electrons. The van der Waals surface area contributed by atoms with Crippen LogP contribution < -0.4 is 20.5 Å². The van der Waals surface area contributed by atoms with Crippen LogP contribution in [0.2, 0.25) is 0 Å². The van der Waals surface area contributed by atoms with Crippen molar-refractivity contribution >= 4 is 45.6 Å². The number of benzene rings is 1. The minimum Gasteiger partial charge on any atom is -0.497 e. The fourth-order valence-electron chi connectivity index (χ4n) is 1.86. The predicted molar refractivity (Wildman–Crippen MR) is 100 cm³/mol. The van der Waals surface area contributed by atoms with Crippen molar-refractivity contribution < 1.29 is 9.47 Å². The number of thiophene rings is 1. The smallest absolute Gasteiger partial charge is 0.193 e. The van der Waals surface area contributed by atoms with E-state index >= 15 is 0 Å². The van der Waals surface area contributed by atoms with E-state index in [0.29, 0.717) is 18.3 Å². The summed E-state index contributed by atoms with van der Waals surface area (Å²) in [5.74, 6) is 1.77. The van der Waals surface area contributed by atoms with Gasteiger partial charge in [0.05, 0.1) is 22.8 Å². The van der Waals surface area contributed by atoms with E-state index in [1.165, 1.54) is 7.76 Å². The Hall–Kier alpha value is -1.48. The summed E-state index contributed by atoms with van der Waals surface area (Å²) in [5.41, 5.74) is 6.66. The second kappa shape index (κ2) is 8.23. The third kappa shape index (κ3) is 4.77. The molecule has 0 atom stereocenters. The van der Waals surface area contributed by atoms with Crippen LogP contribution >= 0.6 is 33.9 Å². The number of nitrogens with one attached hydrogen (secondary N) is 1. The average molecular weight is 431 g/mol. The lowest BCUT2D eigenvalue weighted by Gasteiger charge is -2.12. The number of halogens is 1. The van der Waals surface area contributed by atoms with Gasteiger partial charge in [0.2, 0.25) is 0 Å². The van der Waals surface area contributed by atoms with Gasteiger partial charge in [0.25, 0.3) is 0 Å². The molecule has 2 rings (SSSR count). The van der Waals surface area contributed by atoms with Crippen molar-refractivity contribution in [3.8, 4) is 11.5 Å². The maximum atomic E-state index is 5.93.